The van der Waals surface area contributed by atoms with E-state index < -0.39 is 5.91 Å². The summed E-state index contributed by atoms with van der Waals surface area (Å²) >= 11 is 0. The van der Waals surface area contributed by atoms with Crippen LogP contribution in [-0.2, 0) is 6.54 Å². The van der Waals surface area contributed by atoms with Crippen LogP contribution in [0.2, 0.25) is 0 Å². The van der Waals surface area contributed by atoms with Crippen LogP contribution in [0, 0.1) is 5.92 Å². The second-order valence-corrected chi connectivity index (χ2v) is 5.18. The molecule has 0 atom stereocenters. The maximum absolute atomic E-state index is 11.2. The van der Waals surface area contributed by atoms with Crippen molar-refractivity contribution in [3.05, 3.63) is 30.5 Å². The first-order valence-electron chi connectivity index (χ1n) is 6.93. The molecule has 1 fully saturated rings. The number of amides is 1. The average molecular weight is 287 g/mol. The Morgan fingerprint density at radius 3 is 2.81 bits per heavy atom. The van der Waals surface area contributed by atoms with Crippen LogP contribution >= 0.6 is 0 Å². The van der Waals surface area contributed by atoms with Gasteiger partial charge in [-0.3, -0.25) is 14.5 Å². The first kappa shape index (κ1) is 13.5. The van der Waals surface area contributed by atoms with E-state index in [1.54, 1.807) is 12.4 Å². The Morgan fingerprint density at radius 2 is 2.14 bits per heavy atom. The van der Waals surface area contributed by atoms with E-state index in [2.05, 4.69) is 25.2 Å². The largest absolute Gasteiger partial charge is 0.364 e. The lowest BCUT2D eigenvalue weighted by atomic mass is 9.97. The average Bonchev–Trinajstić information content (AvgIpc) is 3.01. The summed E-state index contributed by atoms with van der Waals surface area (Å²) in [5.74, 6) is 0.742. The number of carbonyl (C=O) groups is 1. The number of rotatable bonds is 4. The van der Waals surface area contributed by atoms with Crippen LogP contribution < -0.4 is 10.6 Å². The molecular formula is C13H17N7O. The third-order valence-electron chi connectivity index (χ3n) is 3.73. The lowest BCUT2D eigenvalue weighted by Crippen LogP contribution is -2.36. The topological polar surface area (TPSA) is 103 Å². The number of piperidine rings is 1. The lowest BCUT2D eigenvalue weighted by Gasteiger charge is -2.32. The molecule has 1 saturated heterocycles. The molecule has 110 valence electrons. The first-order valence-corrected chi connectivity index (χ1v) is 6.93. The van der Waals surface area contributed by atoms with Gasteiger partial charge in [0.2, 0.25) is 0 Å². The van der Waals surface area contributed by atoms with Gasteiger partial charge >= 0.3 is 0 Å². The first-order chi connectivity index (χ1) is 10.2. The van der Waals surface area contributed by atoms with Gasteiger partial charge in [-0.15, -0.1) is 5.10 Å². The molecule has 3 rings (SSSR count). The zero-order valence-electron chi connectivity index (χ0n) is 11.6. The standard InChI is InChI=1S/C13H17N7O/c14-13(21)11-7-15-8-12(17-11)19-4-1-10(2-5-19)9-20-6-3-16-18-20/h3,6-8,10H,1-2,4-5,9H2,(H2,14,21). The molecule has 1 amide bonds. The van der Waals surface area contributed by atoms with Crippen LogP contribution in [0.4, 0.5) is 5.82 Å². The number of primary amides is 1. The number of anilines is 1. The smallest absolute Gasteiger partial charge is 0.268 e. The van der Waals surface area contributed by atoms with E-state index in [1.165, 1.54) is 6.20 Å². The number of hydrogen-bond acceptors (Lipinski definition) is 6. The van der Waals surface area contributed by atoms with Gasteiger partial charge in [0.05, 0.1) is 18.6 Å². The molecule has 8 nitrogen and oxygen atoms in total. The van der Waals surface area contributed by atoms with Gasteiger partial charge in [0.25, 0.3) is 5.91 Å². The summed E-state index contributed by atoms with van der Waals surface area (Å²) in [5.41, 5.74) is 5.44. The summed E-state index contributed by atoms with van der Waals surface area (Å²) in [7, 11) is 0. The Hall–Kier alpha value is -2.51. The minimum absolute atomic E-state index is 0.206. The predicted octanol–water partition coefficient (Wildman–Crippen LogP) is 0.0836. The van der Waals surface area contributed by atoms with E-state index in [9.17, 15) is 4.79 Å². The van der Waals surface area contributed by atoms with Gasteiger partial charge in [0, 0.05) is 25.8 Å². The molecule has 0 saturated carbocycles. The van der Waals surface area contributed by atoms with Crippen molar-refractivity contribution in [3.63, 3.8) is 0 Å². The van der Waals surface area contributed by atoms with Crippen LogP contribution in [-0.4, -0.2) is 44.0 Å². The van der Waals surface area contributed by atoms with Crippen LogP contribution in [0.15, 0.2) is 24.8 Å². The normalized spacial score (nSPS) is 16.1. The van der Waals surface area contributed by atoms with Gasteiger partial charge in [-0.1, -0.05) is 5.21 Å². The lowest BCUT2D eigenvalue weighted by molar-refractivity contribution is 0.0995. The molecule has 3 heterocycles. The van der Waals surface area contributed by atoms with Gasteiger partial charge in [0.1, 0.15) is 11.5 Å². The highest BCUT2D eigenvalue weighted by atomic mass is 16.1. The molecule has 0 aromatic carbocycles. The molecule has 0 spiro atoms. The molecule has 1 aliphatic rings. The third kappa shape index (κ3) is 3.15. The molecule has 0 radical (unpaired) electrons. The predicted molar refractivity (Wildman–Crippen MR) is 75.5 cm³/mol. The summed E-state index contributed by atoms with van der Waals surface area (Å²) in [5, 5.41) is 7.81. The second-order valence-electron chi connectivity index (χ2n) is 5.18. The van der Waals surface area contributed by atoms with Crippen molar-refractivity contribution in [2.75, 3.05) is 18.0 Å². The molecule has 0 unspecified atom stereocenters. The Bertz CT molecular complexity index is 605. The molecule has 8 heteroatoms. The van der Waals surface area contributed by atoms with E-state index in [0.717, 1.165) is 32.5 Å². The highest BCUT2D eigenvalue weighted by Gasteiger charge is 2.21. The number of hydrogen-bond donors (Lipinski definition) is 1. The molecular weight excluding hydrogens is 270 g/mol. The minimum atomic E-state index is -0.551. The Kier molecular flexibility index (Phi) is 3.76. The molecule has 21 heavy (non-hydrogen) atoms. The fourth-order valence-corrected chi connectivity index (χ4v) is 2.57. The van der Waals surface area contributed by atoms with E-state index >= 15 is 0 Å². The van der Waals surface area contributed by atoms with Crippen LogP contribution in [0.3, 0.4) is 0 Å². The van der Waals surface area contributed by atoms with Crippen molar-refractivity contribution in [1.29, 1.82) is 0 Å². The fraction of sp³-hybridized carbons (Fsp3) is 0.462. The zero-order chi connectivity index (χ0) is 14.7. The van der Waals surface area contributed by atoms with Gasteiger partial charge < -0.3 is 10.6 Å². The van der Waals surface area contributed by atoms with Crippen LogP contribution in [0.25, 0.3) is 0 Å². The Labute approximate surface area is 122 Å². The quantitative estimate of drug-likeness (QED) is 0.854. The van der Waals surface area contributed by atoms with Crippen molar-refractivity contribution in [3.8, 4) is 0 Å². The number of nitrogens with two attached hydrogens (primary N) is 1. The Morgan fingerprint density at radius 1 is 1.33 bits per heavy atom. The van der Waals surface area contributed by atoms with Crippen molar-refractivity contribution < 1.29 is 4.79 Å². The second kappa shape index (κ2) is 5.86. The third-order valence-corrected chi connectivity index (χ3v) is 3.73. The van der Waals surface area contributed by atoms with Gasteiger partial charge in [-0.05, 0) is 18.8 Å². The number of carbonyl (C=O) groups excluding carboxylic acids is 1. The van der Waals surface area contributed by atoms with Crippen LogP contribution in [0.1, 0.15) is 23.3 Å². The Balaban J connectivity index is 1.60. The summed E-state index contributed by atoms with van der Waals surface area (Å²) in [6, 6.07) is 0. The maximum atomic E-state index is 11.2. The van der Waals surface area contributed by atoms with Crippen molar-refractivity contribution in [2.24, 2.45) is 11.7 Å². The van der Waals surface area contributed by atoms with E-state index in [1.807, 2.05) is 10.9 Å². The molecule has 2 aromatic heterocycles. The molecule has 0 aliphatic carbocycles. The molecule has 2 aromatic rings. The van der Waals surface area contributed by atoms with Crippen molar-refractivity contribution in [2.45, 2.75) is 19.4 Å². The summed E-state index contributed by atoms with van der Waals surface area (Å²) < 4.78 is 1.87. The van der Waals surface area contributed by atoms with Gasteiger partial charge in [-0.25, -0.2) is 4.98 Å². The van der Waals surface area contributed by atoms with Gasteiger partial charge in [-0.2, -0.15) is 0 Å². The molecule has 1 aliphatic heterocycles. The molecule has 2 N–H and O–H groups in total. The summed E-state index contributed by atoms with van der Waals surface area (Å²) in [6.07, 6.45) is 8.73. The van der Waals surface area contributed by atoms with Gasteiger partial charge in [0.15, 0.2) is 0 Å². The molecule has 0 bridgehead atoms. The van der Waals surface area contributed by atoms with Crippen LogP contribution in [0.5, 0.6) is 0 Å². The highest BCUT2D eigenvalue weighted by Crippen LogP contribution is 2.22. The fourth-order valence-electron chi connectivity index (χ4n) is 2.57. The minimum Gasteiger partial charge on any atom is -0.364 e. The van der Waals surface area contributed by atoms with Crippen molar-refractivity contribution >= 4 is 11.7 Å². The highest BCUT2D eigenvalue weighted by molar-refractivity contribution is 5.90. The number of nitrogens with zero attached hydrogens (tertiary/aromatic N) is 6. The monoisotopic (exact) mass is 287 g/mol. The summed E-state index contributed by atoms with van der Waals surface area (Å²) in [6.45, 7) is 2.66. The van der Waals surface area contributed by atoms with Crippen molar-refractivity contribution in [1.82, 2.24) is 25.0 Å². The summed E-state index contributed by atoms with van der Waals surface area (Å²) in [4.78, 5) is 21.6. The van der Waals surface area contributed by atoms with E-state index in [0.29, 0.717) is 11.7 Å². The SMILES string of the molecule is NC(=O)c1cncc(N2CCC(Cn3ccnn3)CC2)n1. The van der Waals surface area contributed by atoms with E-state index in [4.69, 9.17) is 5.73 Å². The van der Waals surface area contributed by atoms with E-state index in [-0.39, 0.29) is 5.69 Å². The maximum Gasteiger partial charge on any atom is 0.268 e. The zero-order valence-corrected chi connectivity index (χ0v) is 11.6. The number of aromatic nitrogens is 5.